The number of anilines is 2. The van der Waals surface area contributed by atoms with Gasteiger partial charge >= 0.3 is 6.09 Å². The van der Waals surface area contributed by atoms with Crippen LogP contribution in [0.2, 0.25) is 5.02 Å². The number of hydrogen-bond donors (Lipinski definition) is 2. The minimum Gasteiger partial charge on any atom is -0.453 e. The Bertz CT molecular complexity index is 574. The minimum absolute atomic E-state index is 0.165. The van der Waals surface area contributed by atoms with Crippen LogP contribution in [0.3, 0.4) is 0 Å². The number of ether oxygens (including phenoxy) is 1. The van der Waals surface area contributed by atoms with E-state index in [1.165, 1.54) is 7.11 Å². The van der Waals surface area contributed by atoms with Crippen molar-refractivity contribution >= 4 is 35.0 Å². The highest BCUT2D eigenvalue weighted by molar-refractivity contribution is 6.31. The highest BCUT2D eigenvalue weighted by atomic mass is 35.5. The summed E-state index contributed by atoms with van der Waals surface area (Å²) in [5, 5.41) is 5.68. The molecule has 0 atom stereocenters. The molecule has 0 radical (unpaired) electrons. The molecule has 1 aliphatic rings. The molecule has 8 heteroatoms. The maximum absolute atomic E-state index is 12.0. The topological polar surface area (TPSA) is 73.9 Å². The summed E-state index contributed by atoms with van der Waals surface area (Å²) in [7, 11) is 3.33. The van der Waals surface area contributed by atoms with E-state index in [9.17, 15) is 9.59 Å². The largest absolute Gasteiger partial charge is 0.453 e. The fraction of sp³-hybridized carbons (Fsp3) is 0.467. The molecule has 1 saturated heterocycles. The molecule has 2 amide bonds. The Morgan fingerprint density at radius 1 is 1.26 bits per heavy atom. The third kappa shape index (κ3) is 5.01. The molecule has 7 nitrogen and oxygen atoms in total. The van der Waals surface area contributed by atoms with Crippen molar-refractivity contribution in [3.8, 4) is 0 Å². The number of alkyl carbamates (subject to hydrolysis) is 1. The van der Waals surface area contributed by atoms with Gasteiger partial charge in [0.1, 0.15) is 6.54 Å². The number of rotatable bonds is 4. The van der Waals surface area contributed by atoms with E-state index < -0.39 is 6.09 Å². The first-order valence-electron chi connectivity index (χ1n) is 7.34. The summed E-state index contributed by atoms with van der Waals surface area (Å²) in [6.45, 7) is 3.50. The van der Waals surface area contributed by atoms with Crippen LogP contribution in [0, 0.1) is 0 Å². The van der Waals surface area contributed by atoms with Gasteiger partial charge in [0, 0.05) is 31.2 Å². The first kappa shape index (κ1) is 17.4. The lowest BCUT2D eigenvalue weighted by Crippen LogP contribution is -2.44. The molecule has 0 saturated carbocycles. The average Bonchev–Trinajstić information content (AvgIpc) is 2.54. The third-order valence-corrected chi connectivity index (χ3v) is 3.89. The van der Waals surface area contributed by atoms with E-state index in [-0.39, 0.29) is 12.5 Å². The van der Waals surface area contributed by atoms with Crippen LogP contribution in [0.25, 0.3) is 0 Å². The second-order valence-electron chi connectivity index (χ2n) is 5.35. The Labute approximate surface area is 140 Å². The van der Waals surface area contributed by atoms with E-state index in [1.807, 2.05) is 6.07 Å². The number of carbonyl (C=O) groups is 2. The molecule has 1 heterocycles. The van der Waals surface area contributed by atoms with E-state index >= 15 is 0 Å². The summed E-state index contributed by atoms with van der Waals surface area (Å²) in [5.74, 6) is -0.340. The molecule has 0 spiro atoms. The van der Waals surface area contributed by atoms with Gasteiger partial charge < -0.3 is 25.2 Å². The van der Waals surface area contributed by atoms with Crippen molar-refractivity contribution in [2.24, 2.45) is 0 Å². The third-order valence-electron chi connectivity index (χ3n) is 3.66. The van der Waals surface area contributed by atoms with Crippen molar-refractivity contribution in [1.82, 2.24) is 10.2 Å². The first-order valence-corrected chi connectivity index (χ1v) is 7.72. The predicted molar refractivity (Wildman–Crippen MR) is 90.2 cm³/mol. The standard InChI is InChI=1S/C15H21ClN4O3/c1-19-5-7-20(8-6-19)13-4-3-11(16)9-12(13)18-14(21)10-17-15(22)23-2/h3-4,9H,5-8,10H2,1-2H3,(H,17,22)(H,18,21). The number of methoxy groups -OCH3 is 1. The van der Waals surface area contributed by atoms with Crippen molar-refractivity contribution in [3.05, 3.63) is 23.2 Å². The summed E-state index contributed by atoms with van der Waals surface area (Å²) in [4.78, 5) is 27.5. The summed E-state index contributed by atoms with van der Waals surface area (Å²) < 4.78 is 4.43. The lowest BCUT2D eigenvalue weighted by Gasteiger charge is -2.35. The van der Waals surface area contributed by atoms with Gasteiger partial charge in [0.15, 0.2) is 0 Å². The number of benzene rings is 1. The van der Waals surface area contributed by atoms with E-state index in [2.05, 4.69) is 32.2 Å². The zero-order valence-electron chi connectivity index (χ0n) is 13.3. The quantitative estimate of drug-likeness (QED) is 0.866. The number of halogens is 1. The van der Waals surface area contributed by atoms with Gasteiger partial charge in [-0.25, -0.2) is 4.79 Å². The highest BCUT2D eigenvalue weighted by Gasteiger charge is 2.18. The lowest BCUT2D eigenvalue weighted by atomic mass is 10.2. The number of nitrogens with zero attached hydrogens (tertiary/aromatic N) is 2. The fourth-order valence-corrected chi connectivity index (χ4v) is 2.52. The van der Waals surface area contributed by atoms with Crippen molar-refractivity contribution < 1.29 is 14.3 Å². The number of likely N-dealkylation sites (N-methyl/N-ethyl adjacent to an activating group) is 1. The first-order chi connectivity index (χ1) is 11.0. The molecule has 126 valence electrons. The molecule has 0 aromatic heterocycles. The number of hydrogen-bond acceptors (Lipinski definition) is 5. The molecule has 1 aromatic carbocycles. The van der Waals surface area contributed by atoms with Crippen LogP contribution >= 0.6 is 11.6 Å². The Kier molecular flexibility index (Phi) is 6.06. The predicted octanol–water partition coefficient (Wildman–Crippen LogP) is 1.39. The summed E-state index contributed by atoms with van der Waals surface area (Å²) >= 11 is 6.04. The molecule has 0 unspecified atom stereocenters. The van der Waals surface area contributed by atoms with E-state index in [0.717, 1.165) is 31.9 Å². The van der Waals surface area contributed by atoms with Gasteiger partial charge in [-0.05, 0) is 25.2 Å². The van der Waals surface area contributed by atoms with E-state index in [4.69, 9.17) is 11.6 Å². The van der Waals surface area contributed by atoms with Gasteiger partial charge in [0.25, 0.3) is 0 Å². The highest BCUT2D eigenvalue weighted by Crippen LogP contribution is 2.29. The average molecular weight is 341 g/mol. The van der Waals surface area contributed by atoms with Crippen molar-refractivity contribution in [3.63, 3.8) is 0 Å². The zero-order valence-corrected chi connectivity index (χ0v) is 14.0. The maximum Gasteiger partial charge on any atom is 0.407 e. The number of amides is 2. The smallest absolute Gasteiger partial charge is 0.407 e. The molecule has 1 fully saturated rings. The number of carbonyl (C=O) groups excluding carboxylic acids is 2. The summed E-state index contributed by atoms with van der Waals surface area (Å²) in [6, 6.07) is 5.42. The Morgan fingerprint density at radius 2 is 1.96 bits per heavy atom. The van der Waals surface area contributed by atoms with Crippen LogP contribution < -0.4 is 15.5 Å². The van der Waals surface area contributed by atoms with E-state index in [0.29, 0.717) is 10.7 Å². The van der Waals surface area contributed by atoms with Crippen molar-refractivity contribution in [1.29, 1.82) is 0 Å². The van der Waals surface area contributed by atoms with E-state index in [1.54, 1.807) is 12.1 Å². The molecule has 23 heavy (non-hydrogen) atoms. The lowest BCUT2D eigenvalue weighted by molar-refractivity contribution is -0.115. The van der Waals surface area contributed by atoms with Crippen LogP contribution in [-0.2, 0) is 9.53 Å². The molecule has 0 bridgehead atoms. The molecule has 2 N–H and O–H groups in total. The second-order valence-corrected chi connectivity index (χ2v) is 5.78. The van der Waals surface area contributed by atoms with Crippen LogP contribution in [0.4, 0.5) is 16.2 Å². The van der Waals surface area contributed by atoms with Crippen molar-refractivity contribution in [2.75, 3.05) is 57.1 Å². The maximum atomic E-state index is 12.0. The van der Waals surface area contributed by atoms with Gasteiger partial charge in [-0.15, -0.1) is 0 Å². The summed E-state index contributed by atoms with van der Waals surface area (Å²) in [6.07, 6.45) is -0.648. The monoisotopic (exact) mass is 340 g/mol. The van der Waals surface area contributed by atoms with Gasteiger partial charge in [0.05, 0.1) is 18.5 Å². The van der Waals surface area contributed by atoms with Crippen LogP contribution in [-0.4, -0.2) is 63.8 Å². The SMILES string of the molecule is COC(=O)NCC(=O)Nc1cc(Cl)ccc1N1CCN(C)CC1. The second kappa shape index (κ2) is 8.03. The van der Waals surface area contributed by atoms with Gasteiger partial charge in [-0.3, -0.25) is 4.79 Å². The normalized spacial score (nSPS) is 15.2. The molecule has 1 aliphatic heterocycles. The van der Waals surface area contributed by atoms with Gasteiger partial charge in [-0.2, -0.15) is 0 Å². The minimum atomic E-state index is -0.648. The number of piperazine rings is 1. The Balaban J connectivity index is 2.06. The van der Waals surface area contributed by atoms with Gasteiger partial charge in [-0.1, -0.05) is 11.6 Å². The Morgan fingerprint density at radius 3 is 2.61 bits per heavy atom. The Hall–Kier alpha value is -1.99. The number of nitrogens with one attached hydrogen (secondary N) is 2. The molecular formula is C15H21ClN4O3. The van der Waals surface area contributed by atoms with Crippen LogP contribution in [0.1, 0.15) is 0 Å². The van der Waals surface area contributed by atoms with Crippen LogP contribution in [0.5, 0.6) is 0 Å². The molecule has 1 aromatic rings. The van der Waals surface area contributed by atoms with Crippen molar-refractivity contribution in [2.45, 2.75) is 0 Å². The fourth-order valence-electron chi connectivity index (χ4n) is 2.35. The zero-order chi connectivity index (χ0) is 16.8. The summed E-state index contributed by atoms with van der Waals surface area (Å²) in [5.41, 5.74) is 1.56. The van der Waals surface area contributed by atoms with Gasteiger partial charge in [0.2, 0.25) is 5.91 Å². The molecular weight excluding hydrogens is 320 g/mol. The molecule has 0 aliphatic carbocycles. The van der Waals surface area contributed by atoms with Crippen LogP contribution in [0.15, 0.2) is 18.2 Å². The molecule has 2 rings (SSSR count).